The molecule has 4 nitrogen and oxygen atoms in total. The van der Waals surface area contributed by atoms with Gasteiger partial charge < -0.3 is 21.7 Å². The van der Waals surface area contributed by atoms with E-state index in [4.69, 9.17) is 4.74 Å². The van der Waals surface area contributed by atoms with E-state index in [1.807, 2.05) is 41.8 Å². The summed E-state index contributed by atoms with van der Waals surface area (Å²) in [5.41, 5.74) is 2.38. The Kier molecular flexibility index (Phi) is 6.43. The number of Topliss-reactive ketones (excluding diaryl/α,β-unsaturated/α-hetero) is 1. The molecule has 0 atom stereocenters. The van der Waals surface area contributed by atoms with Crippen LogP contribution in [0.4, 0.5) is 0 Å². The Labute approximate surface area is 140 Å². The van der Waals surface area contributed by atoms with Crippen molar-refractivity contribution in [1.29, 1.82) is 0 Å². The summed E-state index contributed by atoms with van der Waals surface area (Å²) in [6.45, 7) is 5.31. The highest BCUT2D eigenvalue weighted by Crippen LogP contribution is 2.15. The number of rotatable bonds is 4. The van der Waals surface area contributed by atoms with Gasteiger partial charge in [-0.3, -0.25) is 4.79 Å². The van der Waals surface area contributed by atoms with Gasteiger partial charge in [-0.05, 0) is 13.8 Å². The number of carbonyl (C=O) groups excluding carboxylic acids is 2. The van der Waals surface area contributed by atoms with Crippen molar-refractivity contribution in [3.05, 3.63) is 59.4 Å². The molecular weight excluding hydrogens is 346 g/mol. The van der Waals surface area contributed by atoms with Crippen LogP contribution in [0.1, 0.15) is 40.3 Å². The van der Waals surface area contributed by atoms with Gasteiger partial charge in [-0.15, -0.1) is 0 Å². The Morgan fingerprint density at radius 3 is 2.32 bits per heavy atom. The highest BCUT2D eigenvalue weighted by atomic mass is 79.9. The molecule has 0 N–H and O–H groups in total. The fraction of sp³-hybridized carbons (Fsp3) is 0.235. The van der Waals surface area contributed by atoms with Crippen LogP contribution in [0.3, 0.4) is 0 Å². The van der Waals surface area contributed by atoms with Crippen molar-refractivity contribution in [2.75, 3.05) is 6.61 Å². The molecule has 0 saturated heterocycles. The molecule has 0 amide bonds. The highest BCUT2D eigenvalue weighted by molar-refractivity contribution is 6.05. The zero-order valence-electron chi connectivity index (χ0n) is 12.8. The van der Waals surface area contributed by atoms with Gasteiger partial charge >= 0.3 is 5.97 Å². The summed E-state index contributed by atoms with van der Waals surface area (Å²) in [4.78, 5) is 23.9. The number of carbonyl (C=O) groups is 2. The minimum absolute atomic E-state index is 0. The molecule has 0 aliphatic rings. The zero-order valence-corrected chi connectivity index (χ0v) is 14.4. The second-order valence-corrected chi connectivity index (χ2v) is 4.67. The molecule has 0 saturated carbocycles. The Morgan fingerprint density at radius 1 is 1.14 bits per heavy atom. The molecule has 1 heterocycles. The van der Waals surface area contributed by atoms with E-state index in [2.05, 4.69) is 0 Å². The number of hydrogen-bond acceptors (Lipinski definition) is 3. The second kappa shape index (κ2) is 7.84. The first-order valence-electron chi connectivity index (χ1n) is 6.85. The standard InChI is InChI=1S/C17H18NO3.BrH/c1-4-21-17(20)15-10-11-18(12(2)16(15)13(3)19)14-8-6-5-7-9-14;/h5-11H,4H2,1-3H3;1H/q+1;/p-1. The van der Waals surface area contributed by atoms with E-state index >= 15 is 0 Å². The third kappa shape index (κ3) is 3.60. The third-order valence-corrected chi connectivity index (χ3v) is 3.26. The van der Waals surface area contributed by atoms with Crippen molar-refractivity contribution in [1.82, 2.24) is 0 Å². The molecule has 0 aliphatic carbocycles. The lowest BCUT2D eigenvalue weighted by atomic mass is 10.0. The largest absolute Gasteiger partial charge is 1.00 e. The first kappa shape index (κ1) is 18.0. The van der Waals surface area contributed by atoms with Crippen LogP contribution in [-0.2, 0) is 4.74 Å². The SMILES string of the molecule is CCOC(=O)c1cc[n+](-c2ccccc2)c(C)c1C(C)=O.[Br-]. The molecule has 1 aromatic carbocycles. The van der Waals surface area contributed by atoms with Crippen LogP contribution in [0.25, 0.3) is 5.69 Å². The monoisotopic (exact) mass is 363 g/mol. The van der Waals surface area contributed by atoms with Gasteiger partial charge in [0, 0.05) is 25.1 Å². The summed E-state index contributed by atoms with van der Waals surface area (Å²) in [5, 5.41) is 0. The van der Waals surface area contributed by atoms with Crippen molar-refractivity contribution in [2.24, 2.45) is 0 Å². The number of benzene rings is 1. The normalized spacial score (nSPS) is 9.77. The number of pyridine rings is 1. The van der Waals surface area contributed by atoms with Gasteiger partial charge in [0.05, 0.1) is 17.7 Å². The summed E-state index contributed by atoms with van der Waals surface area (Å²) in [6.07, 6.45) is 1.78. The Morgan fingerprint density at radius 2 is 1.77 bits per heavy atom. The van der Waals surface area contributed by atoms with Gasteiger partial charge in [-0.2, -0.15) is 4.57 Å². The smallest absolute Gasteiger partial charge is 0.339 e. The van der Waals surface area contributed by atoms with Crippen LogP contribution in [0.5, 0.6) is 0 Å². The molecule has 0 unspecified atom stereocenters. The molecule has 2 rings (SSSR count). The Hall–Kier alpha value is -2.01. The fourth-order valence-electron chi connectivity index (χ4n) is 2.35. The third-order valence-electron chi connectivity index (χ3n) is 3.26. The number of ether oxygens (including phenoxy) is 1. The number of halogens is 1. The average molecular weight is 364 g/mol. The predicted octanol–water partition coefficient (Wildman–Crippen LogP) is -0.345. The summed E-state index contributed by atoms with van der Waals surface area (Å²) < 4.78 is 6.91. The van der Waals surface area contributed by atoms with E-state index in [1.165, 1.54) is 6.92 Å². The minimum Gasteiger partial charge on any atom is -1.00 e. The highest BCUT2D eigenvalue weighted by Gasteiger charge is 2.25. The van der Waals surface area contributed by atoms with Gasteiger partial charge in [-0.1, -0.05) is 18.2 Å². The van der Waals surface area contributed by atoms with E-state index in [1.54, 1.807) is 19.2 Å². The zero-order chi connectivity index (χ0) is 15.4. The van der Waals surface area contributed by atoms with E-state index < -0.39 is 5.97 Å². The Bertz CT molecular complexity index is 684. The fourth-order valence-corrected chi connectivity index (χ4v) is 2.35. The van der Waals surface area contributed by atoms with Crippen molar-refractivity contribution in [3.63, 3.8) is 0 Å². The van der Waals surface area contributed by atoms with E-state index in [0.29, 0.717) is 11.1 Å². The molecule has 0 spiro atoms. The lowest BCUT2D eigenvalue weighted by molar-refractivity contribution is -0.602. The van der Waals surface area contributed by atoms with Crippen LogP contribution in [0.15, 0.2) is 42.6 Å². The van der Waals surface area contributed by atoms with Crippen LogP contribution in [0, 0.1) is 6.92 Å². The summed E-state index contributed by atoms with van der Waals surface area (Å²) >= 11 is 0. The van der Waals surface area contributed by atoms with E-state index in [0.717, 1.165) is 11.4 Å². The minimum atomic E-state index is -0.467. The van der Waals surface area contributed by atoms with Crippen molar-refractivity contribution in [2.45, 2.75) is 20.8 Å². The van der Waals surface area contributed by atoms with E-state index in [-0.39, 0.29) is 29.4 Å². The maximum Gasteiger partial charge on any atom is 0.339 e. The second-order valence-electron chi connectivity index (χ2n) is 4.67. The maximum atomic E-state index is 12.0. The Balaban J connectivity index is 0.00000242. The number of para-hydroxylation sites is 1. The number of aromatic nitrogens is 1. The number of hydrogen-bond donors (Lipinski definition) is 0. The lowest BCUT2D eigenvalue weighted by Crippen LogP contribution is -3.00. The van der Waals surface area contributed by atoms with Crippen LogP contribution in [0.2, 0.25) is 0 Å². The van der Waals surface area contributed by atoms with Gasteiger partial charge in [-0.25, -0.2) is 4.79 Å². The molecule has 22 heavy (non-hydrogen) atoms. The van der Waals surface area contributed by atoms with Crippen molar-refractivity contribution >= 4 is 11.8 Å². The quantitative estimate of drug-likeness (QED) is 0.424. The van der Waals surface area contributed by atoms with Crippen molar-refractivity contribution < 1.29 is 35.9 Å². The molecular formula is C17H18BrNO3. The topological polar surface area (TPSA) is 47.2 Å². The number of esters is 1. The van der Waals surface area contributed by atoms with Crippen LogP contribution < -0.4 is 21.5 Å². The predicted molar refractivity (Wildman–Crippen MR) is 78.7 cm³/mol. The molecule has 0 aliphatic heterocycles. The molecule has 1 aromatic heterocycles. The van der Waals surface area contributed by atoms with Gasteiger partial charge in [0.1, 0.15) is 0 Å². The average Bonchev–Trinajstić information content (AvgIpc) is 2.47. The summed E-state index contributed by atoms with van der Waals surface area (Å²) in [7, 11) is 0. The van der Waals surface area contributed by atoms with Crippen LogP contribution in [-0.4, -0.2) is 18.4 Å². The van der Waals surface area contributed by atoms with Crippen LogP contribution >= 0.6 is 0 Å². The van der Waals surface area contributed by atoms with Gasteiger partial charge in [0.15, 0.2) is 17.7 Å². The number of nitrogens with zero attached hydrogens (tertiary/aromatic N) is 1. The summed E-state index contributed by atoms with van der Waals surface area (Å²) in [5.74, 6) is -0.619. The summed E-state index contributed by atoms with van der Waals surface area (Å²) in [6, 6.07) is 11.3. The molecule has 2 aromatic rings. The first-order valence-corrected chi connectivity index (χ1v) is 6.85. The molecule has 0 fully saturated rings. The van der Waals surface area contributed by atoms with Gasteiger partial charge in [0.25, 0.3) is 0 Å². The van der Waals surface area contributed by atoms with Crippen molar-refractivity contribution in [3.8, 4) is 5.69 Å². The van der Waals surface area contributed by atoms with Gasteiger partial charge in [0.2, 0.25) is 5.69 Å². The number of ketones is 1. The maximum absolute atomic E-state index is 12.0. The lowest BCUT2D eigenvalue weighted by Gasteiger charge is -2.09. The molecule has 5 heteroatoms. The first-order chi connectivity index (χ1) is 10.1. The van der Waals surface area contributed by atoms with E-state index in [9.17, 15) is 9.59 Å². The molecule has 0 bridgehead atoms. The molecule has 0 radical (unpaired) electrons. The molecule has 116 valence electrons.